The molecule has 0 aliphatic heterocycles. The topological polar surface area (TPSA) is 44.0 Å². The number of phenolic OH excluding ortho intramolecular Hbond substituents is 1. The van der Waals surface area contributed by atoms with Crippen molar-refractivity contribution in [1.82, 2.24) is 0 Å². The van der Waals surface area contributed by atoms with E-state index in [9.17, 15) is 9.50 Å². The highest BCUT2D eigenvalue weighted by Crippen LogP contribution is 2.33. The summed E-state index contributed by atoms with van der Waals surface area (Å²) in [5.41, 5.74) is 1.21. The van der Waals surface area contributed by atoms with Crippen molar-refractivity contribution in [2.75, 3.05) is 0 Å². The predicted octanol–water partition coefficient (Wildman–Crippen LogP) is 2.78. The molecule has 0 fully saturated rings. The number of nitriles is 1. The van der Waals surface area contributed by atoms with E-state index in [1.807, 2.05) is 6.07 Å². The first-order chi connectivity index (χ1) is 6.49. The molecule has 74 valence electrons. The lowest BCUT2D eigenvalue weighted by atomic mass is 9.94. The molecule has 0 amide bonds. The van der Waals surface area contributed by atoms with Crippen molar-refractivity contribution < 1.29 is 9.50 Å². The Morgan fingerprint density at radius 3 is 2.57 bits per heavy atom. The first kappa shape index (κ1) is 10.5. The Bertz CT molecular complexity index is 380. The first-order valence-electron chi connectivity index (χ1n) is 4.37. The Morgan fingerprint density at radius 1 is 1.50 bits per heavy atom. The van der Waals surface area contributed by atoms with Crippen LogP contribution in [0.25, 0.3) is 0 Å². The molecule has 0 radical (unpaired) electrons. The van der Waals surface area contributed by atoms with E-state index in [4.69, 9.17) is 5.26 Å². The summed E-state index contributed by atoms with van der Waals surface area (Å²) in [7, 11) is 0. The fraction of sp³-hybridized carbons (Fsp3) is 0.364. The number of rotatable bonds is 1. The third-order valence-electron chi connectivity index (χ3n) is 2.36. The van der Waals surface area contributed by atoms with Crippen LogP contribution in [0.4, 0.5) is 4.39 Å². The largest absolute Gasteiger partial charge is 0.507 e. The van der Waals surface area contributed by atoms with Gasteiger partial charge in [-0.25, -0.2) is 4.39 Å². The second-order valence-corrected chi connectivity index (χ2v) is 3.41. The minimum Gasteiger partial charge on any atom is -0.507 e. The molecular weight excluding hydrogens is 181 g/mol. The van der Waals surface area contributed by atoms with Gasteiger partial charge in [0, 0.05) is 5.56 Å². The average Bonchev–Trinajstić information content (AvgIpc) is 2.15. The molecule has 1 unspecified atom stereocenters. The van der Waals surface area contributed by atoms with Crippen molar-refractivity contribution in [2.45, 2.75) is 26.7 Å². The van der Waals surface area contributed by atoms with E-state index in [2.05, 4.69) is 0 Å². The third kappa shape index (κ3) is 1.56. The van der Waals surface area contributed by atoms with Crippen LogP contribution in [0.3, 0.4) is 0 Å². The summed E-state index contributed by atoms with van der Waals surface area (Å²) in [6, 6.07) is 3.27. The highest BCUT2D eigenvalue weighted by molar-refractivity contribution is 5.48. The van der Waals surface area contributed by atoms with Gasteiger partial charge in [0.2, 0.25) is 0 Å². The van der Waals surface area contributed by atoms with Crippen LogP contribution < -0.4 is 0 Å². The number of halogens is 1. The van der Waals surface area contributed by atoms with Crippen LogP contribution in [0.1, 0.15) is 29.5 Å². The summed E-state index contributed by atoms with van der Waals surface area (Å²) in [6.07, 6.45) is 0. The molecule has 14 heavy (non-hydrogen) atoms. The lowest BCUT2D eigenvalue weighted by Gasteiger charge is -2.13. The normalized spacial score (nSPS) is 12.2. The molecule has 1 rings (SSSR count). The van der Waals surface area contributed by atoms with Crippen LogP contribution in [-0.2, 0) is 0 Å². The van der Waals surface area contributed by atoms with Crippen LogP contribution in [0.5, 0.6) is 5.75 Å². The number of hydrogen-bond donors (Lipinski definition) is 1. The lowest BCUT2D eigenvalue weighted by molar-refractivity contribution is 0.458. The van der Waals surface area contributed by atoms with Crippen molar-refractivity contribution in [3.05, 3.63) is 28.6 Å². The van der Waals surface area contributed by atoms with E-state index in [-0.39, 0.29) is 11.6 Å². The summed E-state index contributed by atoms with van der Waals surface area (Å²) in [5.74, 6) is -0.847. The van der Waals surface area contributed by atoms with Crippen LogP contribution in [0, 0.1) is 31.0 Å². The van der Waals surface area contributed by atoms with Gasteiger partial charge in [-0.2, -0.15) is 5.26 Å². The summed E-state index contributed by atoms with van der Waals surface area (Å²) in [4.78, 5) is 0. The van der Waals surface area contributed by atoms with Gasteiger partial charge in [-0.1, -0.05) is 0 Å². The van der Waals surface area contributed by atoms with Crippen LogP contribution in [-0.4, -0.2) is 5.11 Å². The predicted molar refractivity (Wildman–Crippen MR) is 51.6 cm³/mol. The maximum Gasteiger partial charge on any atom is 0.126 e. The van der Waals surface area contributed by atoms with Crippen LogP contribution in [0.2, 0.25) is 0 Å². The van der Waals surface area contributed by atoms with Crippen molar-refractivity contribution in [3.63, 3.8) is 0 Å². The van der Waals surface area contributed by atoms with E-state index >= 15 is 0 Å². The van der Waals surface area contributed by atoms with Crippen molar-refractivity contribution in [2.24, 2.45) is 0 Å². The minimum atomic E-state index is -0.496. The average molecular weight is 193 g/mol. The monoisotopic (exact) mass is 193 g/mol. The molecule has 1 aromatic rings. The fourth-order valence-corrected chi connectivity index (χ4v) is 1.48. The second kappa shape index (κ2) is 3.67. The van der Waals surface area contributed by atoms with Crippen molar-refractivity contribution in [1.29, 1.82) is 5.26 Å². The number of aryl methyl sites for hydroxylation is 1. The summed E-state index contributed by atoms with van der Waals surface area (Å²) in [6.45, 7) is 4.82. The molecule has 0 bridgehead atoms. The number of benzene rings is 1. The van der Waals surface area contributed by atoms with Crippen molar-refractivity contribution >= 4 is 0 Å². The molecule has 1 atom stereocenters. The van der Waals surface area contributed by atoms with E-state index in [0.29, 0.717) is 16.7 Å². The van der Waals surface area contributed by atoms with Crippen LogP contribution in [0.15, 0.2) is 6.07 Å². The zero-order valence-corrected chi connectivity index (χ0v) is 8.43. The van der Waals surface area contributed by atoms with Crippen LogP contribution >= 0.6 is 0 Å². The van der Waals surface area contributed by atoms with E-state index < -0.39 is 5.92 Å². The van der Waals surface area contributed by atoms with Gasteiger partial charge in [0.15, 0.2) is 0 Å². The van der Waals surface area contributed by atoms with Gasteiger partial charge in [0.05, 0.1) is 12.0 Å². The fourth-order valence-electron chi connectivity index (χ4n) is 1.48. The molecule has 0 saturated carbocycles. The molecule has 0 aromatic heterocycles. The zero-order valence-electron chi connectivity index (χ0n) is 8.43. The number of hydrogen-bond acceptors (Lipinski definition) is 2. The Morgan fingerprint density at radius 2 is 2.07 bits per heavy atom. The first-order valence-corrected chi connectivity index (χ1v) is 4.37. The zero-order chi connectivity index (χ0) is 10.9. The SMILES string of the molecule is Cc1cc(F)c(C)c(C(C)C#N)c1O. The molecule has 0 heterocycles. The molecule has 0 aliphatic rings. The summed E-state index contributed by atoms with van der Waals surface area (Å²) >= 11 is 0. The summed E-state index contributed by atoms with van der Waals surface area (Å²) < 4.78 is 13.3. The standard InChI is InChI=1S/C11H12FNO/c1-6-4-9(12)8(3)10(11(6)14)7(2)5-13/h4,7,14H,1-3H3. The minimum absolute atomic E-state index is 0.0259. The molecule has 0 aliphatic carbocycles. The van der Waals surface area contributed by atoms with Gasteiger partial charge in [-0.05, 0) is 38.0 Å². The van der Waals surface area contributed by atoms with Gasteiger partial charge in [-0.15, -0.1) is 0 Å². The molecule has 1 N–H and O–H groups in total. The quantitative estimate of drug-likeness (QED) is 0.745. The van der Waals surface area contributed by atoms with E-state index in [0.717, 1.165) is 0 Å². The Labute approximate surface area is 82.6 Å². The highest BCUT2D eigenvalue weighted by Gasteiger charge is 2.17. The summed E-state index contributed by atoms with van der Waals surface area (Å²) in [5, 5.41) is 18.4. The molecular formula is C11H12FNO. The highest BCUT2D eigenvalue weighted by atomic mass is 19.1. The number of nitrogens with zero attached hydrogens (tertiary/aromatic N) is 1. The molecule has 0 spiro atoms. The Balaban J connectivity index is 3.49. The molecule has 1 aromatic carbocycles. The molecule has 0 saturated heterocycles. The van der Waals surface area contributed by atoms with Gasteiger partial charge >= 0.3 is 0 Å². The lowest BCUT2D eigenvalue weighted by Crippen LogP contribution is -1.99. The van der Waals surface area contributed by atoms with Gasteiger partial charge in [0.25, 0.3) is 0 Å². The number of aromatic hydroxyl groups is 1. The van der Waals surface area contributed by atoms with E-state index in [1.54, 1.807) is 20.8 Å². The van der Waals surface area contributed by atoms with Gasteiger partial charge < -0.3 is 5.11 Å². The maximum atomic E-state index is 13.3. The molecule has 3 heteroatoms. The van der Waals surface area contributed by atoms with Gasteiger partial charge in [0.1, 0.15) is 11.6 Å². The molecule has 2 nitrogen and oxygen atoms in total. The Kier molecular flexibility index (Phi) is 2.76. The Hall–Kier alpha value is -1.56. The second-order valence-electron chi connectivity index (χ2n) is 3.41. The maximum absolute atomic E-state index is 13.3. The smallest absolute Gasteiger partial charge is 0.126 e. The van der Waals surface area contributed by atoms with Crippen molar-refractivity contribution in [3.8, 4) is 11.8 Å². The van der Waals surface area contributed by atoms with E-state index in [1.165, 1.54) is 6.07 Å². The van der Waals surface area contributed by atoms with Gasteiger partial charge in [-0.3, -0.25) is 0 Å². The third-order valence-corrected chi connectivity index (χ3v) is 2.36. The number of phenols is 1.